The Morgan fingerprint density at radius 3 is 2.46 bits per heavy atom. The van der Waals surface area contributed by atoms with Crippen molar-refractivity contribution in [3.05, 3.63) is 0 Å². The van der Waals surface area contributed by atoms with E-state index in [0.717, 1.165) is 0 Å². The number of likely N-dealkylation sites (tertiary alicyclic amines) is 1. The molecule has 0 unspecified atom stereocenters. The van der Waals surface area contributed by atoms with Gasteiger partial charge in [-0.15, -0.1) is 0 Å². The van der Waals surface area contributed by atoms with Crippen LogP contribution in [-0.4, -0.2) is 30.6 Å². The quantitative estimate of drug-likeness (QED) is 0.665. The van der Waals surface area contributed by atoms with Gasteiger partial charge in [-0.3, -0.25) is 0 Å². The summed E-state index contributed by atoms with van der Waals surface area (Å²) in [4.78, 5) is 2.59. The van der Waals surface area contributed by atoms with Gasteiger partial charge in [0, 0.05) is 24.5 Å². The van der Waals surface area contributed by atoms with E-state index in [1.807, 2.05) is 0 Å². The third kappa shape index (κ3) is 1.89. The first-order valence-electron chi connectivity index (χ1n) is 5.39. The molecule has 1 aliphatic heterocycles. The molecule has 1 saturated carbocycles. The molecule has 1 spiro atoms. The molecule has 13 heavy (non-hydrogen) atoms. The zero-order valence-corrected chi connectivity index (χ0v) is 9.14. The Morgan fingerprint density at radius 2 is 2.08 bits per heavy atom. The fraction of sp³-hybridized carbons (Fsp3) is 1.00. The maximum Gasteiger partial charge on any atom is 0.0115 e. The highest BCUT2D eigenvalue weighted by molar-refractivity contribution is 5.11. The molecule has 1 aliphatic carbocycles. The van der Waals surface area contributed by atoms with Crippen molar-refractivity contribution in [2.24, 2.45) is 16.6 Å². The lowest BCUT2D eigenvalue weighted by Crippen LogP contribution is -2.31. The molecule has 0 radical (unpaired) electrons. The summed E-state index contributed by atoms with van der Waals surface area (Å²) in [6, 6.07) is 0.512. The molecule has 0 aromatic heterocycles. The average molecular weight is 182 g/mol. The van der Waals surface area contributed by atoms with Crippen molar-refractivity contribution in [2.75, 3.05) is 19.6 Å². The fourth-order valence-electron chi connectivity index (χ4n) is 2.64. The Kier molecular flexibility index (Phi) is 1.97. The number of rotatable bonds is 1. The van der Waals surface area contributed by atoms with E-state index in [0.29, 0.717) is 16.9 Å². The molecular formula is C11H22N2. The van der Waals surface area contributed by atoms with Crippen molar-refractivity contribution in [1.82, 2.24) is 4.90 Å². The molecule has 2 rings (SSSR count). The van der Waals surface area contributed by atoms with Crippen molar-refractivity contribution in [2.45, 2.75) is 39.7 Å². The topological polar surface area (TPSA) is 29.3 Å². The van der Waals surface area contributed by atoms with E-state index in [-0.39, 0.29) is 0 Å². The predicted octanol–water partition coefficient (Wildman–Crippen LogP) is 1.46. The van der Waals surface area contributed by atoms with Crippen LogP contribution in [0.2, 0.25) is 0 Å². The molecular weight excluding hydrogens is 160 g/mol. The molecule has 1 saturated heterocycles. The Labute approximate surface area is 81.5 Å². The first-order chi connectivity index (χ1) is 5.91. The largest absolute Gasteiger partial charge is 0.327 e. The van der Waals surface area contributed by atoms with Gasteiger partial charge in [-0.2, -0.15) is 0 Å². The first kappa shape index (κ1) is 9.47. The molecule has 0 aromatic carbocycles. The van der Waals surface area contributed by atoms with Crippen LogP contribution in [0.4, 0.5) is 0 Å². The van der Waals surface area contributed by atoms with Gasteiger partial charge in [-0.1, -0.05) is 20.8 Å². The van der Waals surface area contributed by atoms with Crippen LogP contribution in [0.15, 0.2) is 0 Å². The average Bonchev–Trinajstić information content (AvgIpc) is 2.37. The number of nitrogens with two attached hydrogens (primary N) is 1. The zero-order chi connectivity index (χ0) is 9.69. The van der Waals surface area contributed by atoms with Crippen molar-refractivity contribution < 1.29 is 0 Å². The van der Waals surface area contributed by atoms with Gasteiger partial charge in [0.1, 0.15) is 0 Å². The number of nitrogens with zero attached hydrogens (tertiary/aromatic N) is 1. The van der Waals surface area contributed by atoms with Crippen LogP contribution in [0.3, 0.4) is 0 Å². The predicted molar refractivity (Wildman–Crippen MR) is 55.5 cm³/mol. The molecule has 2 atom stereocenters. The minimum Gasteiger partial charge on any atom is -0.327 e. The molecule has 0 bridgehead atoms. The van der Waals surface area contributed by atoms with E-state index in [2.05, 4.69) is 25.7 Å². The maximum atomic E-state index is 5.96. The minimum atomic E-state index is 0.435. The van der Waals surface area contributed by atoms with Gasteiger partial charge < -0.3 is 10.6 Å². The first-order valence-corrected chi connectivity index (χ1v) is 5.39. The van der Waals surface area contributed by atoms with E-state index in [1.54, 1.807) is 0 Å². The van der Waals surface area contributed by atoms with E-state index in [1.165, 1.54) is 32.5 Å². The molecule has 0 amide bonds. The molecule has 1 heterocycles. The lowest BCUT2D eigenvalue weighted by molar-refractivity contribution is 0.218. The van der Waals surface area contributed by atoms with Gasteiger partial charge >= 0.3 is 0 Å². The smallest absolute Gasteiger partial charge is 0.0115 e. The Morgan fingerprint density at radius 1 is 1.46 bits per heavy atom. The molecule has 76 valence electrons. The Bertz CT molecular complexity index is 207. The normalized spacial score (nSPS) is 40.2. The molecule has 2 fully saturated rings. The van der Waals surface area contributed by atoms with Crippen LogP contribution < -0.4 is 5.73 Å². The lowest BCUT2D eigenvalue weighted by Gasteiger charge is -2.26. The highest BCUT2D eigenvalue weighted by Gasteiger charge is 2.55. The van der Waals surface area contributed by atoms with Gasteiger partial charge in [0.25, 0.3) is 0 Å². The van der Waals surface area contributed by atoms with Crippen LogP contribution in [0.1, 0.15) is 33.6 Å². The summed E-state index contributed by atoms with van der Waals surface area (Å²) in [7, 11) is 0. The summed E-state index contributed by atoms with van der Waals surface area (Å²) in [6.07, 6.45) is 2.61. The standard InChI is InChI=1S/C11H22N2/c1-10(2,3)7-13-5-4-11(8-13)6-9(11)12/h9H,4-8,12H2,1-3H3/t9-,11-/m1/s1. The molecule has 2 heteroatoms. The van der Waals surface area contributed by atoms with E-state index < -0.39 is 0 Å². The van der Waals surface area contributed by atoms with Crippen molar-refractivity contribution >= 4 is 0 Å². The molecule has 0 aromatic rings. The monoisotopic (exact) mass is 182 g/mol. The van der Waals surface area contributed by atoms with Crippen molar-refractivity contribution in [1.29, 1.82) is 0 Å². The van der Waals surface area contributed by atoms with E-state index in [9.17, 15) is 0 Å². The summed E-state index contributed by atoms with van der Waals surface area (Å²) in [5.74, 6) is 0. The van der Waals surface area contributed by atoms with Crippen LogP contribution in [0.25, 0.3) is 0 Å². The third-order valence-electron chi connectivity index (χ3n) is 3.42. The number of hydrogen-bond donors (Lipinski definition) is 1. The second kappa shape index (κ2) is 2.71. The summed E-state index contributed by atoms with van der Waals surface area (Å²) in [5.41, 5.74) is 6.94. The van der Waals surface area contributed by atoms with Gasteiger partial charge in [-0.05, 0) is 24.8 Å². The summed E-state index contributed by atoms with van der Waals surface area (Å²) in [6.45, 7) is 10.7. The third-order valence-corrected chi connectivity index (χ3v) is 3.42. The van der Waals surface area contributed by atoms with Crippen LogP contribution in [0, 0.1) is 10.8 Å². The van der Waals surface area contributed by atoms with Crippen LogP contribution in [0.5, 0.6) is 0 Å². The zero-order valence-electron chi connectivity index (χ0n) is 9.14. The number of hydrogen-bond acceptors (Lipinski definition) is 2. The fourth-order valence-corrected chi connectivity index (χ4v) is 2.64. The van der Waals surface area contributed by atoms with Crippen LogP contribution >= 0.6 is 0 Å². The van der Waals surface area contributed by atoms with Crippen molar-refractivity contribution in [3.8, 4) is 0 Å². The van der Waals surface area contributed by atoms with Gasteiger partial charge in [-0.25, -0.2) is 0 Å². The molecule has 2 N–H and O–H groups in total. The maximum absolute atomic E-state index is 5.96. The SMILES string of the molecule is CC(C)(C)CN1CC[C@@]2(C[C@H]2N)C1. The minimum absolute atomic E-state index is 0.435. The highest BCUT2D eigenvalue weighted by Crippen LogP contribution is 2.51. The molecule has 2 aliphatic rings. The van der Waals surface area contributed by atoms with Gasteiger partial charge in [0.05, 0.1) is 0 Å². The Balaban J connectivity index is 1.86. The second-order valence-corrected chi connectivity index (χ2v) is 6.19. The van der Waals surface area contributed by atoms with E-state index in [4.69, 9.17) is 5.73 Å². The van der Waals surface area contributed by atoms with Crippen LogP contribution in [-0.2, 0) is 0 Å². The Hall–Kier alpha value is -0.0800. The lowest BCUT2D eigenvalue weighted by atomic mass is 9.96. The van der Waals surface area contributed by atoms with Crippen molar-refractivity contribution in [3.63, 3.8) is 0 Å². The highest BCUT2D eigenvalue weighted by atomic mass is 15.2. The summed E-state index contributed by atoms with van der Waals surface area (Å²) < 4.78 is 0. The van der Waals surface area contributed by atoms with Gasteiger partial charge in [0.15, 0.2) is 0 Å². The summed E-state index contributed by atoms with van der Waals surface area (Å²) in [5, 5.41) is 0. The molecule has 2 nitrogen and oxygen atoms in total. The summed E-state index contributed by atoms with van der Waals surface area (Å²) >= 11 is 0. The van der Waals surface area contributed by atoms with Gasteiger partial charge in [0.2, 0.25) is 0 Å². The van der Waals surface area contributed by atoms with E-state index >= 15 is 0 Å². The second-order valence-electron chi connectivity index (χ2n) is 6.19.